The van der Waals surface area contributed by atoms with Crippen LogP contribution in [-0.4, -0.2) is 35.6 Å². The maximum absolute atomic E-state index is 13.3. The maximum Gasteiger partial charge on any atom is 0.264 e. The number of nitrogens with zero attached hydrogens (tertiary/aromatic N) is 1. The summed E-state index contributed by atoms with van der Waals surface area (Å²) in [6, 6.07) is 18.2. The molecule has 3 aromatic carbocycles. The second kappa shape index (κ2) is 9.09. The number of rotatable bonds is 7. The van der Waals surface area contributed by atoms with Gasteiger partial charge in [0.15, 0.2) is 0 Å². The van der Waals surface area contributed by atoms with E-state index in [-0.39, 0.29) is 10.5 Å². The molecule has 0 fully saturated rings. The number of carbonyl (C=O) groups excluding carboxylic acids is 1. The Morgan fingerprint density at radius 1 is 0.935 bits per heavy atom. The van der Waals surface area contributed by atoms with Crippen molar-refractivity contribution in [2.75, 3.05) is 30.9 Å². The zero-order chi connectivity index (χ0) is 22.6. The van der Waals surface area contributed by atoms with Gasteiger partial charge in [-0.2, -0.15) is 0 Å². The molecule has 0 aliphatic heterocycles. The first-order valence-electron chi connectivity index (χ1n) is 9.46. The monoisotopic (exact) mass is 440 g/mol. The molecule has 1 amide bonds. The number of para-hydroxylation sites is 2. The van der Waals surface area contributed by atoms with Crippen molar-refractivity contribution in [3.63, 3.8) is 0 Å². The summed E-state index contributed by atoms with van der Waals surface area (Å²) >= 11 is 0. The van der Waals surface area contributed by atoms with Gasteiger partial charge in [0.1, 0.15) is 11.5 Å². The van der Waals surface area contributed by atoms with Crippen molar-refractivity contribution in [2.45, 2.75) is 11.8 Å². The highest BCUT2D eigenvalue weighted by molar-refractivity contribution is 7.92. The molecule has 0 aromatic heterocycles. The van der Waals surface area contributed by atoms with E-state index in [1.807, 2.05) is 0 Å². The number of amides is 1. The smallest absolute Gasteiger partial charge is 0.264 e. The van der Waals surface area contributed by atoms with Crippen molar-refractivity contribution in [3.05, 3.63) is 77.9 Å². The minimum Gasteiger partial charge on any atom is -0.497 e. The van der Waals surface area contributed by atoms with Gasteiger partial charge in [-0.3, -0.25) is 9.10 Å². The fourth-order valence-corrected chi connectivity index (χ4v) is 4.32. The normalized spacial score (nSPS) is 11.0. The maximum atomic E-state index is 13.3. The number of aryl methyl sites for hydroxylation is 1. The first kappa shape index (κ1) is 22.2. The van der Waals surface area contributed by atoms with Crippen molar-refractivity contribution in [2.24, 2.45) is 0 Å². The summed E-state index contributed by atoms with van der Waals surface area (Å²) in [5.74, 6) is 0.615. The molecule has 7 nitrogen and oxygen atoms in total. The standard InChI is InChI=1S/C23H24N2O5S/c1-16-12-13-19(31(27,28)25(2)21-10-5-6-11-22(21)30-4)15-20(16)23(26)24-17-8-7-9-18(14-17)29-3/h5-15H,1-4H3,(H,24,26). The van der Waals surface area contributed by atoms with Crippen molar-refractivity contribution >= 4 is 27.3 Å². The van der Waals surface area contributed by atoms with Gasteiger partial charge in [0, 0.05) is 24.4 Å². The number of ether oxygens (including phenoxy) is 2. The van der Waals surface area contributed by atoms with E-state index in [0.29, 0.717) is 28.4 Å². The second-order valence-electron chi connectivity index (χ2n) is 6.81. The lowest BCUT2D eigenvalue weighted by Gasteiger charge is -2.22. The van der Waals surface area contributed by atoms with E-state index >= 15 is 0 Å². The van der Waals surface area contributed by atoms with Gasteiger partial charge in [-0.1, -0.05) is 24.3 Å². The Morgan fingerprint density at radius 2 is 1.68 bits per heavy atom. The van der Waals surface area contributed by atoms with Crippen LogP contribution in [0.2, 0.25) is 0 Å². The molecule has 0 heterocycles. The quantitative estimate of drug-likeness (QED) is 0.598. The molecular formula is C23H24N2O5S. The number of sulfonamides is 1. The topological polar surface area (TPSA) is 84.9 Å². The summed E-state index contributed by atoms with van der Waals surface area (Å²) in [4.78, 5) is 12.9. The van der Waals surface area contributed by atoms with Crippen LogP contribution in [-0.2, 0) is 10.0 Å². The zero-order valence-corrected chi connectivity index (χ0v) is 18.6. The SMILES string of the molecule is COc1cccc(NC(=O)c2cc(S(=O)(=O)N(C)c3ccccc3OC)ccc2C)c1. The third kappa shape index (κ3) is 4.64. The fourth-order valence-electron chi connectivity index (χ4n) is 3.08. The van der Waals surface area contributed by atoms with E-state index in [1.54, 1.807) is 61.5 Å². The molecule has 1 N–H and O–H groups in total. The minimum atomic E-state index is -3.93. The zero-order valence-electron chi connectivity index (χ0n) is 17.7. The summed E-state index contributed by atoms with van der Waals surface area (Å²) in [6.07, 6.45) is 0. The number of benzene rings is 3. The van der Waals surface area contributed by atoms with Crippen molar-refractivity contribution in [1.82, 2.24) is 0 Å². The van der Waals surface area contributed by atoms with Crippen LogP contribution in [0.1, 0.15) is 15.9 Å². The summed E-state index contributed by atoms with van der Waals surface area (Å²) in [6.45, 7) is 1.75. The molecule has 0 spiro atoms. The molecule has 0 atom stereocenters. The summed E-state index contributed by atoms with van der Waals surface area (Å²) < 4.78 is 38.1. The first-order chi connectivity index (χ1) is 14.8. The number of nitrogens with one attached hydrogen (secondary N) is 1. The van der Waals surface area contributed by atoms with Crippen LogP contribution in [0, 0.1) is 6.92 Å². The largest absolute Gasteiger partial charge is 0.497 e. The van der Waals surface area contributed by atoms with E-state index in [2.05, 4.69) is 5.32 Å². The number of methoxy groups -OCH3 is 2. The summed E-state index contributed by atoms with van der Waals surface area (Å²) in [5, 5.41) is 2.78. The van der Waals surface area contributed by atoms with Crippen LogP contribution in [0.25, 0.3) is 0 Å². The molecule has 0 saturated heterocycles. The molecule has 3 rings (SSSR count). The Morgan fingerprint density at radius 3 is 2.39 bits per heavy atom. The average Bonchev–Trinajstić information content (AvgIpc) is 2.78. The number of hydrogen-bond acceptors (Lipinski definition) is 5. The summed E-state index contributed by atoms with van der Waals surface area (Å²) in [7, 11) is 0.538. The molecular weight excluding hydrogens is 416 g/mol. The van der Waals surface area contributed by atoms with Gasteiger partial charge in [-0.05, 0) is 48.9 Å². The van der Waals surface area contributed by atoms with Gasteiger partial charge < -0.3 is 14.8 Å². The predicted octanol–water partition coefficient (Wildman–Crippen LogP) is 4.09. The molecule has 0 radical (unpaired) electrons. The van der Waals surface area contributed by atoms with Crippen LogP contribution in [0.3, 0.4) is 0 Å². The Kier molecular flexibility index (Phi) is 6.50. The Bertz CT molecular complexity index is 1210. The Balaban J connectivity index is 1.94. The van der Waals surface area contributed by atoms with Crippen LogP contribution in [0.15, 0.2) is 71.6 Å². The Hall–Kier alpha value is -3.52. The lowest BCUT2D eigenvalue weighted by atomic mass is 10.1. The third-order valence-electron chi connectivity index (χ3n) is 4.86. The van der Waals surface area contributed by atoms with Crippen LogP contribution >= 0.6 is 0 Å². The van der Waals surface area contributed by atoms with Gasteiger partial charge in [0.25, 0.3) is 15.9 Å². The highest BCUT2D eigenvalue weighted by Crippen LogP contribution is 2.31. The van der Waals surface area contributed by atoms with E-state index in [4.69, 9.17) is 9.47 Å². The highest BCUT2D eigenvalue weighted by Gasteiger charge is 2.25. The molecule has 0 saturated carbocycles. The van der Waals surface area contributed by atoms with Crippen molar-refractivity contribution in [3.8, 4) is 11.5 Å². The molecule has 0 aliphatic rings. The minimum absolute atomic E-state index is 0.00213. The van der Waals surface area contributed by atoms with Crippen LogP contribution in [0.4, 0.5) is 11.4 Å². The highest BCUT2D eigenvalue weighted by atomic mass is 32.2. The third-order valence-corrected chi connectivity index (χ3v) is 6.63. The van der Waals surface area contributed by atoms with Gasteiger partial charge in [-0.15, -0.1) is 0 Å². The number of hydrogen-bond donors (Lipinski definition) is 1. The molecule has 162 valence electrons. The molecule has 0 aliphatic carbocycles. The average molecular weight is 441 g/mol. The molecule has 0 unspecified atom stereocenters. The van der Waals surface area contributed by atoms with Crippen molar-refractivity contribution in [1.29, 1.82) is 0 Å². The van der Waals surface area contributed by atoms with E-state index < -0.39 is 15.9 Å². The van der Waals surface area contributed by atoms with E-state index in [9.17, 15) is 13.2 Å². The molecule has 0 bridgehead atoms. The van der Waals surface area contributed by atoms with E-state index in [0.717, 1.165) is 4.31 Å². The second-order valence-corrected chi connectivity index (χ2v) is 8.78. The van der Waals surface area contributed by atoms with Crippen molar-refractivity contribution < 1.29 is 22.7 Å². The first-order valence-corrected chi connectivity index (χ1v) is 10.9. The van der Waals surface area contributed by atoms with Gasteiger partial charge >= 0.3 is 0 Å². The Labute approximate surface area is 182 Å². The molecule has 3 aromatic rings. The molecule has 8 heteroatoms. The lowest BCUT2D eigenvalue weighted by Crippen LogP contribution is -2.27. The molecule has 31 heavy (non-hydrogen) atoms. The van der Waals surface area contributed by atoms with Crippen LogP contribution < -0.4 is 19.1 Å². The van der Waals surface area contributed by atoms with Gasteiger partial charge in [-0.25, -0.2) is 8.42 Å². The summed E-state index contributed by atoms with van der Waals surface area (Å²) in [5.41, 5.74) is 1.85. The fraction of sp³-hybridized carbons (Fsp3) is 0.174. The van der Waals surface area contributed by atoms with Gasteiger partial charge in [0.2, 0.25) is 0 Å². The number of anilines is 2. The van der Waals surface area contributed by atoms with Crippen LogP contribution in [0.5, 0.6) is 11.5 Å². The number of carbonyl (C=O) groups is 1. The van der Waals surface area contributed by atoms with E-state index in [1.165, 1.54) is 33.4 Å². The predicted molar refractivity (Wildman–Crippen MR) is 121 cm³/mol. The lowest BCUT2D eigenvalue weighted by molar-refractivity contribution is 0.102. The van der Waals surface area contributed by atoms with Gasteiger partial charge in [0.05, 0.1) is 24.8 Å².